The predicted molar refractivity (Wildman–Crippen MR) is 75.0 cm³/mol. The Balaban J connectivity index is 2.73. The zero-order chi connectivity index (χ0) is 14.4. The van der Waals surface area contributed by atoms with Crippen LogP contribution in [0.4, 0.5) is 5.69 Å². The molecule has 0 aliphatic rings. The van der Waals surface area contributed by atoms with Gasteiger partial charge in [-0.3, -0.25) is 9.59 Å². The minimum Gasteiger partial charge on any atom is -0.468 e. The van der Waals surface area contributed by atoms with Gasteiger partial charge in [-0.25, -0.2) is 0 Å². The van der Waals surface area contributed by atoms with Crippen molar-refractivity contribution in [1.82, 2.24) is 0 Å². The summed E-state index contributed by atoms with van der Waals surface area (Å²) in [7, 11) is 1.29. The molecule has 1 rings (SSSR count). The van der Waals surface area contributed by atoms with Gasteiger partial charge in [0.05, 0.1) is 7.11 Å². The van der Waals surface area contributed by atoms with Crippen LogP contribution < -0.4 is 5.32 Å². The highest BCUT2D eigenvalue weighted by molar-refractivity contribution is 6.04. The van der Waals surface area contributed by atoms with Crippen LogP contribution in [-0.2, 0) is 14.3 Å². The number of amides is 1. The van der Waals surface area contributed by atoms with Crippen LogP contribution in [-0.4, -0.2) is 19.0 Å². The molecule has 1 aromatic carbocycles. The Morgan fingerprint density at radius 1 is 1.21 bits per heavy atom. The molecule has 1 unspecified atom stereocenters. The Morgan fingerprint density at radius 2 is 1.79 bits per heavy atom. The molecule has 0 aromatic heterocycles. The van der Waals surface area contributed by atoms with Crippen molar-refractivity contribution in [3.8, 4) is 0 Å². The number of hydrogen-bond donors (Lipinski definition) is 1. The van der Waals surface area contributed by atoms with E-state index in [-0.39, 0.29) is 5.91 Å². The van der Waals surface area contributed by atoms with E-state index in [1.807, 2.05) is 24.3 Å². The van der Waals surface area contributed by atoms with Gasteiger partial charge in [-0.15, -0.1) is 0 Å². The quantitative estimate of drug-likeness (QED) is 0.656. The van der Waals surface area contributed by atoms with Crippen LogP contribution >= 0.6 is 0 Å². The average Bonchev–Trinajstić information content (AvgIpc) is 2.39. The van der Waals surface area contributed by atoms with E-state index in [1.165, 1.54) is 12.7 Å². The summed E-state index contributed by atoms with van der Waals surface area (Å²) in [6, 6.07) is 7.63. The van der Waals surface area contributed by atoms with E-state index >= 15 is 0 Å². The summed E-state index contributed by atoms with van der Waals surface area (Å²) >= 11 is 0. The molecular formula is C15H21NO3. The minimum atomic E-state index is -0.755. The third-order valence-electron chi connectivity index (χ3n) is 3.06. The number of ether oxygens (including phenoxy) is 1. The van der Waals surface area contributed by atoms with Crippen LogP contribution in [0.5, 0.6) is 0 Å². The van der Waals surface area contributed by atoms with Gasteiger partial charge in [0.1, 0.15) is 5.92 Å². The normalized spacial score (nSPS) is 12.1. The van der Waals surface area contributed by atoms with Crippen molar-refractivity contribution in [1.29, 1.82) is 0 Å². The first-order chi connectivity index (χ1) is 8.99. The molecule has 0 fully saturated rings. The summed E-state index contributed by atoms with van der Waals surface area (Å²) in [4.78, 5) is 23.4. The van der Waals surface area contributed by atoms with Crippen LogP contribution in [0.1, 0.15) is 38.7 Å². The molecule has 0 aliphatic carbocycles. The van der Waals surface area contributed by atoms with Crippen molar-refractivity contribution in [3.63, 3.8) is 0 Å². The van der Waals surface area contributed by atoms with Crippen LogP contribution in [0, 0.1) is 5.92 Å². The fourth-order valence-corrected chi connectivity index (χ4v) is 1.78. The number of benzene rings is 1. The van der Waals surface area contributed by atoms with Crippen LogP contribution in [0.3, 0.4) is 0 Å². The first-order valence-electron chi connectivity index (χ1n) is 6.48. The maximum atomic E-state index is 12.0. The van der Waals surface area contributed by atoms with Crippen molar-refractivity contribution < 1.29 is 14.3 Å². The van der Waals surface area contributed by atoms with Gasteiger partial charge in [0.15, 0.2) is 0 Å². The number of methoxy groups -OCH3 is 1. The number of hydrogen-bond acceptors (Lipinski definition) is 3. The number of carbonyl (C=O) groups is 2. The molecule has 1 atom stereocenters. The molecule has 4 nitrogen and oxygen atoms in total. The smallest absolute Gasteiger partial charge is 0.318 e. The van der Waals surface area contributed by atoms with Gasteiger partial charge in [-0.1, -0.05) is 32.9 Å². The second-order valence-electron chi connectivity index (χ2n) is 4.75. The van der Waals surface area contributed by atoms with Crippen molar-refractivity contribution in [2.75, 3.05) is 12.4 Å². The number of carbonyl (C=O) groups excluding carboxylic acids is 2. The molecule has 0 saturated heterocycles. The highest BCUT2D eigenvalue weighted by atomic mass is 16.5. The molecular weight excluding hydrogens is 242 g/mol. The van der Waals surface area contributed by atoms with Crippen LogP contribution in [0.2, 0.25) is 0 Å². The Morgan fingerprint density at radius 3 is 2.21 bits per heavy atom. The molecule has 0 radical (unpaired) electrons. The summed E-state index contributed by atoms with van der Waals surface area (Å²) in [5, 5.41) is 2.73. The number of esters is 1. The van der Waals surface area contributed by atoms with E-state index in [2.05, 4.69) is 23.9 Å². The first kappa shape index (κ1) is 15.2. The van der Waals surface area contributed by atoms with E-state index < -0.39 is 11.9 Å². The third-order valence-corrected chi connectivity index (χ3v) is 3.06. The average molecular weight is 263 g/mol. The Bertz CT molecular complexity index is 437. The van der Waals surface area contributed by atoms with Gasteiger partial charge >= 0.3 is 5.97 Å². The van der Waals surface area contributed by atoms with Gasteiger partial charge in [0, 0.05) is 5.69 Å². The van der Waals surface area contributed by atoms with Crippen LogP contribution in [0.15, 0.2) is 24.3 Å². The molecule has 0 bridgehead atoms. The van der Waals surface area contributed by atoms with E-state index in [4.69, 9.17) is 0 Å². The summed E-state index contributed by atoms with van der Waals surface area (Å²) < 4.78 is 4.61. The molecule has 1 amide bonds. The maximum absolute atomic E-state index is 12.0. The van der Waals surface area contributed by atoms with Gasteiger partial charge in [0.25, 0.3) is 0 Å². The first-order valence-corrected chi connectivity index (χ1v) is 6.48. The lowest BCUT2D eigenvalue weighted by Gasteiger charge is -2.13. The van der Waals surface area contributed by atoms with Gasteiger partial charge in [0.2, 0.25) is 5.91 Å². The van der Waals surface area contributed by atoms with Crippen LogP contribution in [0.25, 0.3) is 0 Å². The summed E-state index contributed by atoms with van der Waals surface area (Å²) in [6.45, 7) is 6.00. The Kier molecular flexibility index (Phi) is 5.55. The highest BCUT2D eigenvalue weighted by Gasteiger charge is 2.25. The molecule has 1 N–H and O–H groups in total. The molecule has 0 spiro atoms. The summed E-state index contributed by atoms with van der Waals surface area (Å²) in [6.07, 6.45) is 0.419. The minimum absolute atomic E-state index is 0.327. The van der Waals surface area contributed by atoms with Crippen molar-refractivity contribution in [3.05, 3.63) is 29.8 Å². The Hall–Kier alpha value is -1.84. The van der Waals surface area contributed by atoms with Crippen molar-refractivity contribution in [2.24, 2.45) is 5.92 Å². The molecule has 1 aromatic rings. The Labute approximate surface area is 114 Å². The van der Waals surface area contributed by atoms with Gasteiger partial charge in [-0.05, 0) is 30.0 Å². The largest absolute Gasteiger partial charge is 0.468 e. The lowest BCUT2D eigenvalue weighted by molar-refractivity contribution is -0.148. The standard InChI is InChI=1S/C15H21NO3/c1-5-13(15(18)19-4)14(17)16-12-8-6-11(7-9-12)10(2)3/h6-10,13H,5H2,1-4H3,(H,16,17). The zero-order valence-electron chi connectivity index (χ0n) is 11.9. The van der Waals surface area contributed by atoms with Crippen molar-refractivity contribution in [2.45, 2.75) is 33.1 Å². The second kappa shape index (κ2) is 6.92. The van der Waals surface area contributed by atoms with E-state index in [1.54, 1.807) is 6.92 Å². The fraction of sp³-hybridized carbons (Fsp3) is 0.467. The monoisotopic (exact) mass is 263 g/mol. The predicted octanol–water partition coefficient (Wildman–Crippen LogP) is 2.95. The van der Waals surface area contributed by atoms with E-state index in [0.29, 0.717) is 18.0 Å². The SMILES string of the molecule is CCC(C(=O)Nc1ccc(C(C)C)cc1)C(=O)OC. The molecule has 4 heteroatoms. The molecule has 0 heterocycles. The highest BCUT2D eigenvalue weighted by Crippen LogP contribution is 2.18. The lowest BCUT2D eigenvalue weighted by Crippen LogP contribution is -2.30. The van der Waals surface area contributed by atoms with E-state index in [0.717, 1.165) is 0 Å². The summed E-state index contributed by atoms with van der Waals surface area (Å²) in [5.41, 5.74) is 1.90. The van der Waals surface area contributed by atoms with E-state index in [9.17, 15) is 9.59 Å². The second-order valence-corrected chi connectivity index (χ2v) is 4.75. The molecule has 0 saturated carbocycles. The topological polar surface area (TPSA) is 55.4 Å². The molecule has 19 heavy (non-hydrogen) atoms. The number of nitrogens with one attached hydrogen (secondary N) is 1. The van der Waals surface area contributed by atoms with Crippen molar-refractivity contribution >= 4 is 17.6 Å². The fourth-order valence-electron chi connectivity index (χ4n) is 1.78. The maximum Gasteiger partial charge on any atom is 0.318 e. The molecule has 0 aliphatic heterocycles. The third kappa shape index (κ3) is 4.09. The van der Waals surface area contributed by atoms with Gasteiger partial charge < -0.3 is 10.1 Å². The lowest BCUT2D eigenvalue weighted by atomic mass is 10.0. The molecule has 104 valence electrons. The van der Waals surface area contributed by atoms with Gasteiger partial charge in [-0.2, -0.15) is 0 Å². The summed E-state index contributed by atoms with van der Waals surface area (Å²) in [5.74, 6) is -1.14. The number of anilines is 1. The zero-order valence-corrected chi connectivity index (χ0v) is 11.9. The number of rotatable bonds is 5.